The van der Waals surface area contributed by atoms with Gasteiger partial charge in [0.05, 0.1) is 28.1 Å². The number of halogens is 2. The monoisotopic (exact) mass is 409 g/mol. The van der Waals surface area contributed by atoms with E-state index in [9.17, 15) is 5.11 Å². The molecule has 5 nitrogen and oxygen atoms in total. The maximum Gasteiger partial charge on any atom is 0.146 e. The highest BCUT2D eigenvalue weighted by atomic mass is 35.5. The Morgan fingerprint density at radius 3 is 2.85 bits per heavy atom. The minimum atomic E-state index is -0.0946. The van der Waals surface area contributed by atoms with E-state index in [0.717, 1.165) is 40.2 Å². The van der Waals surface area contributed by atoms with E-state index >= 15 is 0 Å². The van der Waals surface area contributed by atoms with Gasteiger partial charge in [-0.25, -0.2) is 9.97 Å². The van der Waals surface area contributed by atoms with Crippen molar-refractivity contribution in [3.05, 3.63) is 52.4 Å². The maximum atomic E-state index is 9.27. The van der Waals surface area contributed by atoms with Gasteiger partial charge in [-0.2, -0.15) is 0 Å². The molecule has 0 aliphatic carbocycles. The number of ether oxygens (including phenoxy) is 1. The van der Waals surface area contributed by atoms with E-state index in [1.54, 1.807) is 24.2 Å². The molecule has 0 spiro atoms. The molecule has 1 fully saturated rings. The SMILES string of the molecule is OC[C@@H]1CCC(n2ccc3c(SCc4ccc(Cl)c(Cl)c4)ncnc32)O1. The van der Waals surface area contributed by atoms with Crippen molar-refractivity contribution >= 4 is 46.0 Å². The largest absolute Gasteiger partial charge is 0.394 e. The average molecular weight is 410 g/mol. The molecule has 26 heavy (non-hydrogen) atoms. The second kappa shape index (κ2) is 7.74. The first kappa shape index (κ1) is 18.1. The van der Waals surface area contributed by atoms with Crippen LogP contribution in [0.3, 0.4) is 0 Å². The Morgan fingerprint density at radius 2 is 2.08 bits per heavy atom. The van der Waals surface area contributed by atoms with Gasteiger partial charge in [-0.15, -0.1) is 11.8 Å². The summed E-state index contributed by atoms with van der Waals surface area (Å²) in [6, 6.07) is 7.66. The molecule has 2 atom stereocenters. The van der Waals surface area contributed by atoms with Crippen LogP contribution >= 0.6 is 35.0 Å². The van der Waals surface area contributed by atoms with Crippen molar-refractivity contribution in [1.82, 2.24) is 14.5 Å². The molecule has 3 aromatic rings. The van der Waals surface area contributed by atoms with Gasteiger partial charge in [0.2, 0.25) is 0 Å². The van der Waals surface area contributed by atoms with Gasteiger partial charge in [0.15, 0.2) is 0 Å². The van der Waals surface area contributed by atoms with Gasteiger partial charge in [-0.3, -0.25) is 0 Å². The minimum Gasteiger partial charge on any atom is -0.394 e. The zero-order valence-corrected chi connectivity index (χ0v) is 16.1. The summed E-state index contributed by atoms with van der Waals surface area (Å²) in [6.45, 7) is 0.0510. The van der Waals surface area contributed by atoms with Crippen molar-refractivity contribution in [2.75, 3.05) is 6.61 Å². The van der Waals surface area contributed by atoms with Crippen LogP contribution in [0, 0.1) is 0 Å². The number of rotatable bonds is 5. The number of aliphatic hydroxyl groups excluding tert-OH is 1. The zero-order valence-electron chi connectivity index (χ0n) is 13.8. The molecular weight excluding hydrogens is 393 g/mol. The molecule has 1 N–H and O–H groups in total. The quantitative estimate of drug-likeness (QED) is 0.488. The Hall–Kier alpha value is -1.31. The Labute approximate surface area is 165 Å². The molecule has 0 amide bonds. The highest BCUT2D eigenvalue weighted by Gasteiger charge is 2.27. The first-order valence-corrected chi connectivity index (χ1v) is 10.0. The number of hydrogen-bond acceptors (Lipinski definition) is 5. The van der Waals surface area contributed by atoms with Gasteiger partial charge in [-0.1, -0.05) is 29.3 Å². The number of fused-ring (bicyclic) bond motifs is 1. The summed E-state index contributed by atoms with van der Waals surface area (Å²) < 4.78 is 7.90. The first-order valence-electron chi connectivity index (χ1n) is 8.30. The predicted molar refractivity (Wildman–Crippen MR) is 104 cm³/mol. The van der Waals surface area contributed by atoms with E-state index in [4.69, 9.17) is 27.9 Å². The first-order chi connectivity index (χ1) is 12.7. The molecule has 1 aliphatic heterocycles. The van der Waals surface area contributed by atoms with Gasteiger partial charge in [0.1, 0.15) is 23.2 Å². The summed E-state index contributed by atoms with van der Waals surface area (Å²) >= 11 is 13.7. The molecule has 1 aliphatic rings. The standard InChI is InChI=1S/C18H17Cl2N3O2S/c19-14-3-1-11(7-15(14)20)9-26-18-13-5-6-23(17(13)21-10-22-18)16-4-2-12(8-24)25-16/h1,3,5-7,10,12,16,24H,2,4,8-9H2/t12-,16?/m0/s1. The lowest BCUT2D eigenvalue weighted by Gasteiger charge is -2.14. The highest BCUT2D eigenvalue weighted by Crippen LogP contribution is 2.34. The van der Waals surface area contributed by atoms with Crippen LogP contribution in [-0.2, 0) is 10.5 Å². The van der Waals surface area contributed by atoms with Crippen LogP contribution in [0.2, 0.25) is 10.0 Å². The molecule has 0 radical (unpaired) electrons. The third-order valence-electron chi connectivity index (χ3n) is 4.43. The summed E-state index contributed by atoms with van der Waals surface area (Å²) in [5, 5.41) is 12.3. The molecule has 4 rings (SSSR count). The molecule has 0 bridgehead atoms. The molecule has 0 saturated carbocycles. The third-order valence-corrected chi connectivity index (χ3v) is 6.25. The van der Waals surface area contributed by atoms with Gasteiger partial charge in [-0.05, 0) is 36.6 Å². The summed E-state index contributed by atoms with van der Waals surface area (Å²) in [7, 11) is 0. The van der Waals surface area contributed by atoms with E-state index in [1.165, 1.54) is 0 Å². The zero-order chi connectivity index (χ0) is 18.1. The van der Waals surface area contributed by atoms with E-state index in [2.05, 4.69) is 9.97 Å². The van der Waals surface area contributed by atoms with Gasteiger partial charge >= 0.3 is 0 Å². The lowest BCUT2D eigenvalue weighted by molar-refractivity contribution is -0.0204. The van der Waals surface area contributed by atoms with E-state index in [-0.39, 0.29) is 18.9 Å². The fourth-order valence-corrected chi connectivity index (χ4v) is 4.34. The number of nitrogens with zero attached hydrogens (tertiary/aromatic N) is 3. The summed E-state index contributed by atoms with van der Waals surface area (Å²) in [5.41, 5.74) is 1.93. The van der Waals surface area contributed by atoms with Gasteiger partial charge in [0.25, 0.3) is 0 Å². The third kappa shape index (κ3) is 3.57. The fraction of sp³-hybridized carbons (Fsp3) is 0.333. The molecule has 136 valence electrons. The maximum absolute atomic E-state index is 9.27. The van der Waals surface area contributed by atoms with E-state index < -0.39 is 0 Å². The van der Waals surface area contributed by atoms with Crippen LogP contribution < -0.4 is 0 Å². The van der Waals surface area contributed by atoms with E-state index in [1.807, 2.05) is 29.0 Å². The second-order valence-corrected chi connectivity index (χ2v) is 7.93. The summed E-state index contributed by atoms with van der Waals surface area (Å²) in [6.07, 6.45) is 5.09. The molecule has 1 saturated heterocycles. The van der Waals surface area contributed by atoms with Crippen LogP contribution in [0.4, 0.5) is 0 Å². The van der Waals surface area contributed by atoms with Crippen LogP contribution in [0.1, 0.15) is 24.6 Å². The lowest BCUT2D eigenvalue weighted by Crippen LogP contribution is -2.14. The second-order valence-electron chi connectivity index (χ2n) is 6.15. The van der Waals surface area contributed by atoms with Crippen molar-refractivity contribution < 1.29 is 9.84 Å². The van der Waals surface area contributed by atoms with Crippen LogP contribution in [-0.4, -0.2) is 32.4 Å². The van der Waals surface area contributed by atoms with Crippen molar-refractivity contribution in [3.63, 3.8) is 0 Å². The van der Waals surface area contributed by atoms with Gasteiger partial charge < -0.3 is 14.4 Å². The number of benzene rings is 1. The summed E-state index contributed by atoms with van der Waals surface area (Å²) in [4.78, 5) is 8.87. The van der Waals surface area contributed by atoms with Crippen molar-refractivity contribution in [2.24, 2.45) is 0 Å². The molecule has 1 unspecified atom stereocenters. The Kier molecular flexibility index (Phi) is 5.38. The smallest absolute Gasteiger partial charge is 0.146 e. The minimum absolute atomic E-state index is 0.0510. The predicted octanol–water partition coefficient (Wildman–Crippen LogP) is 4.70. The van der Waals surface area contributed by atoms with Crippen LogP contribution in [0.15, 0.2) is 41.8 Å². The number of aliphatic hydroxyl groups is 1. The highest BCUT2D eigenvalue weighted by molar-refractivity contribution is 7.98. The molecule has 3 heterocycles. The fourth-order valence-electron chi connectivity index (χ4n) is 3.10. The van der Waals surface area contributed by atoms with Crippen molar-refractivity contribution in [3.8, 4) is 0 Å². The summed E-state index contributed by atoms with van der Waals surface area (Å²) in [5.74, 6) is 0.737. The normalized spacial score (nSPS) is 20.1. The average Bonchev–Trinajstić information content (AvgIpc) is 3.29. The van der Waals surface area contributed by atoms with Gasteiger partial charge in [0, 0.05) is 11.9 Å². The van der Waals surface area contributed by atoms with E-state index in [0.29, 0.717) is 10.0 Å². The molecular formula is C18H17Cl2N3O2S. The van der Waals surface area contributed by atoms with Crippen LogP contribution in [0.5, 0.6) is 0 Å². The molecule has 2 aromatic heterocycles. The number of aromatic nitrogens is 3. The Morgan fingerprint density at radius 1 is 1.19 bits per heavy atom. The van der Waals surface area contributed by atoms with Crippen LogP contribution in [0.25, 0.3) is 11.0 Å². The number of thioether (sulfide) groups is 1. The molecule has 1 aromatic carbocycles. The topological polar surface area (TPSA) is 60.2 Å². The lowest BCUT2D eigenvalue weighted by atomic mass is 10.2. The Balaban J connectivity index is 1.56. The molecule has 8 heteroatoms. The van der Waals surface area contributed by atoms with Crippen molar-refractivity contribution in [1.29, 1.82) is 0 Å². The Bertz CT molecular complexity index is 934. The number of hydrogen-bond donors (Lipinski definition) is 1. The van der Waals surface area contributed by atoms with Crippen molar-refractivity contribution in [2.45, 2.75) is 36.0 Å².